The molecule has 1 heterocycles. The van der Waals surface area contributed by atoms with Crippen LogP contribution < -0.4 is 4.74 Å². The van der Waals surface area contributed by atoms with Crippen LogP contribution in [0.2, 0.25) is 0 Å². The van der Waals surface area contributed by atoms with Gasteiger partial charge >= 0.3 is 0 Å². The fourth-order valence-corrected chi connectivity index (χ4v) is 4.15. The highest BCUT2D eigenvalue weighted by Crippen LogP contribution is 2.19. The molecule has 3 rings (SSSR count). The highest BCUT2D eigenvalue weighted by Gasteiger charge is 2.22. The highest BCUT2D eigenvalue weighted by molar-refractivity contribution is 7.89. The summed E-state index contributed by atoms with van der Waals surface area (Å²) in [4.78, 5) is 4.42. The van der Waals surface area contributed by atoms with Gasteiger partial charge in [0, 0.05) is 20.0 Å². The zero-order valence-corrected chi connectivity index (χ0v) is 17.2. The van der Waals surface area contributed by atoms with Gasteiger partial charge in [-0.1, -0.05) is 23.4 Å². The van der Waals surface area contributed by atoms with Gasteiger partial charge in [0.1, 0.15) is 0 Å². The van der Waals surface area contributed by atoms with E-state index in [2.05, 4.69) is 10.1 Å². The Morgan fingerprint density at radius 3 is 2.52 bits per heavy atom. The molecule has 0 atom stereocenters. The third-order valence-electron chi connectivity index (χ3n) is 4.25. The number of sulfonamides is 1. The first kappa shape index (κ1) is 20.9. The molecule has 0 spiro atoms. The van der Waals surface area contributed by atoms with E-state index in [9.17, 15) is 12.8 Å². The topological polar surface area (TPSA) is 85.5 Å². The maximum atomic E-state index is 13.6. The maximum absolute atomic E-state index is 13.6. The lowest BCUT2D eigenvalue weighted by molar-refractivity contribution is 0.234. The van der Waals surface area contributed by atoms with Gasteiger partial charge in [0.25, 0.3) is 5.89 Å². The first-order valence-corrected chi connectivity index (χ1v) is 10.4. The fraction of sp³-hybridized carbons (Fsp3) is 0.300. The monoisotopic (exact) mass is 419 g/mol. The van der Waals surface area contributed by atoms with Crippen LogP contribution in [0.5, 0.6) is 5.75 Å². The van der Waals surface area contributed by atoms with Crippen molar-refractivity contribution in [3.63, 3.8) is 0 Å². The minimum absolute atomic E-state index is 0.0787. The largest absolute Gasteiger partial charge is 0.481 e. The molecule has 0 radical (unpaired) electrons. The van der Waals surface area contributed by atoms with E-state index in [0.29, 0.717) is 5.82 Å². The van der Waals surface area contributed by atoms with E-state index in [1.165, 1.54) is 23.5 Å². The van der Waals surface area contributed by atoms with Gasteiger partial charge < -0.3 is 9.26 Å². The Hall–Kier alpha value is -2.78. The van der Waals surface area contributed by atoms with Gasteiger partial charge in [-0.05, 0) is 49.2 Å². The zero-order chi connectivity index (χ0) is 21.0. The smallest absolute Gasteiger partial charge is 0.264 e. The van der Waals surface area contributed by atoms with Crippen LogP contribution in [-0.4, -0.2) is 36.5 Å². The van der Waals surface area contributed by atoms with Crippen LogP contribution in [-0.2, 0) is 23.1 Å². The molecule has 9 heteroatoms. The van der Waals surface area contributed by atoms with E-state index in [4.69, 9.17) is 9.26 Å². The summed E-state index contributed by atoms with van der Waals surface area (Å²) >= 11 is 0. The molecule has 29 heavy (non-hydrogen) atoms. The second kappa shape index (κ2) is 8.71. The van der Waals surface area contributed by atoms with Crippen LogP contribution in [0.3, 0.4) is 0 Å². The van der Waals surface area contributed by atoms with Crippen molar-refractivity contribution >= 4 is 10.0 Å². The van der Waals surface area contributed by atoms with Crippen LogP contribution >= 0.6 is 0 Å². The Balaban J connectivity index is 1.59. The Kier molecular flexibility index (Phi) is 6.29. The highest BCUT2D eigenvalue weighted by atomic mass is 32.2. The van der Waals surface area contributed by atoms with Crippen molar-refractivity contribution in [2.75, 3.05) is 13.6 Å². The van der Waals surface area contributed by atoms with Crippen molar-refractivity contribution in [1.82, 2.24) is 14.4 Å². The molecule has 7 nitrogen and oxygen atoms in total. The molecule has 3 aromatic rings. The molecule has 1 aromatic heterocycles. The van der Waals surface area contributed by atoms with Gasteiger partial charge in [-0.15, -0.1) is 0 Å². The van der Waals surface area contributed by atoms with Crippen molar-refractivity contribution in [2.45, 2.75) is 31.8 Å². The van der Waals surface area contributed by atoms with Crippen LogP contribution in [0, 0.1) is 19.7 Å². The molecule has 0 aliphatic carbocycles. The number of para-hydroxylation sites is 1. The summed E-state index contributed by atoms with van der Waals surface area (Å²) < 4.78 is 50.7. The van der Waals surface area contributed by atoms with Crippen molar-refractivity contribution in [3.05, 3.63) is 71.1 Å². The maximum Gasteiger partial charge on any atom is 0.264 e. The predicted molar refractivity (Wildman–Crippen MR) is 104 cm³/mol. The van der Waals surface area contributed by atoms with Crippen LogP contribution in [0.4, 0.5) is 4.39 Å². The number of likely N-dealkylation sites (N-methyl/N-ethyl adjacent to an activating group) is 1. The summed E-state index contributed by atoms with van der Waals surface area (Å²) in [5.74, 6) is 0.139. The number of hydrogen-bond donors (Lipinski definition) is 0. The lowest BCUT2D eigenvalue weighted by Crippen LogP contribution is -2.29. The molecule has 0 N–H and O–H groups in total. The minimum Gasteiger partial charge on any atom is -0.481 e. The molecular weight excluding hydrogens is 397 g/mol. The minimum atomic E-state index is -3.62. The molecule has 0 saturated heterocycles. The van der Waals surface area contributed by atoms with E-state index >= 15 is 0 Å². The molecule has 0 saturated carbocycles. The Labute approximate surface area is 169 Å². The van der Waals surface area contributed by atoms with E-state index in [1.807, 2.05) is 19.9 Å². The number of ether oxygens (including phenoxy) is 1. The number of aromatic nitrogens is 2. The molecule has 0 amide bonds. The Morgan fingerprint density at radius 2 is 1.83 bits per heavy atom. The van der Waals surface area contributed by atoms with Crippen LogP contribution in [0.15, 0.2) is 51.9 Å². The standard InChI is InChI=1S/C20H22FN3O4S/c1-14-10-15(2)12-16(11-14)29(25,26)24(3)9-8-19-22-20(28-23-19)13-27-18-7-5-4-6-17(18)21/h4-7,10-12H,8-9,13H2,1-3H3. The van der Waals surface area contributed by atoms with Gasteiger partial charge in [0.15, 0.2) is 24.0 Å². The van der Waals surface area contributed by atoms with Gasteiger partial charge in [0.05, 0.1) is 4.90 Å². The second-order valence-electron chi connectivity index (χ2n) is 6.72. The lowest BCUT2D eigenvalue weighted by Gasteiger charge is -2.17. The van der Waals surface area contributed by atoms with Crippen molar-refractivity contribution < 1.29 is 22.1 Å². The summed E-state index contributed by atoms with van der Waals surface area (Å²) in [7, 11) is -2.11. The third kappa shape index (κ3) is 5.18. The number of halogens is 1. The molecule has 0 aliphatic rings. The number of benzene rings is 2. The van der Waals surface area contributed by atoms with E-state index in [0.717, 1.165) is 11.1 Å². The van der Waals surface area contributed by atoms with Crippen molar-refractivity contribution in [1.29, 1.82) is 0 Å². The van der Waals surface area contributed by atoms with Crippen LogP contribution in [0.25, 0.3) is 0 Å². The average molecular weight is 419 g/mol. The molecular formula is C20H22FN3O4S. The number of nitrogens with zero attached hydrogens (tertiary/aromatic N) is 3. The molecule has 154 valence electrons. The molecule has 0 fully saturated rings. The lowest BCUT2D eigenvalue weighted by atomic mass is 10.2. The van der Waals surface area contributed by atoms with E-state index in [1.54, 1.807) is 24.3 Å². The van der Waals surface area contributed by atoms with Gasteiger partial charge in [-0.3, -0.25) is 0 Å². The fourth-order valence-electron chi connectivity index (χ4n) is 2.79. The van der Waals surface area contributed by atoms with Gasteiger partial charge in [-0.25, -0.2) is 17.1 Å². The van der Waals surface area contributed by atoms with Crippen molar-refractivity contribution in [3.8, 4) is 5.75 Å². The molecule has 0 aliphatic heterocycles. The Bertz CT molecular complexity index is 1080. The summed E-state index contributed by atoms with van der Waals surface area (Å²) in [5.41, 5.74) is 1.77. The van der Waals surface area contributed by atoms with E-state index in [-0.39, 0.29) is 36.1 Å². The summed E-state index contributed by atoms with van der Waals surface area (Å²) in [6.07, 6.45) is 0.268. The molecule has 0 unspecified atom stereocenters. The first-order valence-electron chi connectivity index (χ1n) is 8.99. The Morgan fingerprint density at radius 1 is 1.14 bits per heavy atom. The molecule has 2 aromatic carbocycles. The predicted octanol–water partition coefficient (Wildman–Crippen LogP) is 3.27. The van der Waals surface area contributed by atoms with Gasteiger partial charge in [0.2, 0.25) is 10.0 Å². The summed E-state index contributed by atoms with van der Waals surface area (Å²) in [5, 5.41) is 3.82. The normalized spacial score (nSPS) is 11.8. The average Bonchev–Trinajstić information content (AvgIpc) is 3.12. The quantitative estimate of drug-likeness (QED) is 0.557. The number of aryl methyl sites for hydroxylation is 2. The number of hydrogen-bond acceptors (Lipinski definition) is 6. The SMILES string of the molecule is Cc1cc(C)cc(S(=O)(=O)N(C)CCc2noc(COc3ccccc3F)n2)c1. The molecule has 0 bridgehead atoms. The van der Waals surface area contributed by atoms with Gasteiger partial charge in [-0.2, -0.15) is 4.98 Å². The summed E-state index contributed by atoms with van der Waals surface area (Å²) in [6, 6.07) is 11.2. The van der Waals surface area contributed by atoms with E-state index < -0.39 is 15.8 Å². The second-order valence-corrected chi connectivity index (χ2v) is 8.77. The van der Waals surface area contributed by atoms with Crippen molar-refractivity contribution in [2.24, 2.45) is 0 Å². The number of rotatable bonds is 8. The first-order chi connectivity index (χ1) is 13.8. The summed E-state index contributed by atoms with van der Waals surface area (Å²) in [6.45, 7) is 3.82. The third-order valence-corrected chi connectivity index (χ3v) is 6.09. The van der Waals surface area contributed by atoms with Crippen LogP contribution in [0.1, 0.15) is 22.8 Å². The zero-order valence-electron chi connectivity index (χ0n) is 16.4.